The van der Waals surface area contributed by atoms with Gasteiger partial charge in [-0.25, -0.2) is 0 Å². The van der Waals surface area contributed by atoms with Crippen LogP contribution in [0, 0.1) is 0 Å². The van der Waals surface area contributed by atoms with Crippen molar-refractivity contribution in [2.24, 2.45) is 0 Å². The second-order valence-corrected chi connectivity index (χ2v) is 4.29. The van der Waals surface area contributed by atoms with Crippen LogP contribution >= 0.6 is 11.6 Å². The van der Waals surface area contributed by atoms with Crippen LogP contribution in [0.5, 0.6) is 0 Å². The number of nitrogens with zero attached hydrogens (tertiary/aromatic N) is 1. The molecule has 0 saturated carbocycles. The second kappa shape index (κ2) is 4.28. The summed E-state index contributed by atoms with van der Waals surface area (Å²) in [6.45, 7) is -0.330. The van der Waals surface area contributed by atoms with Crippen LogP contribution in [0.2, 0.25) is 5.02 Å². The van der Waals surface area contributed by atoms with Crippen molar-refractivity contribution in [3.05, 3.63) is 28.8 Å². The average molecular weight is 278 g/mol. The summed E-state index contributed by atoms with van der Waals surface area (Å²) in [6, 6.07) is 3.09. The van der Waals surface area contributed by atoms with Crippen molar-refractivity contribution in [2.75, 3.05) is 11.4 Å². The third-order valence-corrected chi connectivity index (χ3v) is 2.77. The number of alkyl halides is 3. The van der Waals surface area contributed by atoms with Crippen LogP contribution in [-0.4, -0.2) is 18.2 Å². The van der Waals surface area contributed by atoms with Gasteiger partial charge in [-0.2, -0.15) is 13.2 Å². The standard InChI is InChI=1S/C11H7ClF3NO2/c12-6-1-2-9(8(3-6)11(13,14)15)16-5-7(17)4-10(16)18/h1-3H,4-5H2. The molecule has 1 fully saturated rings. The first-order chi connectivity index (χ1) is 8.29. The second-order valence-electron chi connectivity index (χ2n) is 3.85. The van der Waals surface area contributed by atoms with E-state index in [1.165, 1.54) is 6.07 Å². The molecule has 1 saturated heterocycles. The van der Waals surface area contributed by atoms with Crippen LogP contribution in [0.15, 0.2) is 18.2 Å². The van der Waals surface area contributed by atoms with Gasteiger partial charge in [-0.1, -0.05) is 11.6 Å². The Bertz CT molecular complexity index is 528. The van der Waals surface area contributed by atoms with E-state index >= 15 is 0 Å². The molecule has 3 nitrogen and oxygen atoms in total. The Morgan fingerprint density at radius 3 is 2.39 bits per heavy atom. The normalized spacial score (nSPS) is 16.6. The number of Topliss-reactive ketones (excluding diaryl/α,β-unsaturated/α-hetero) is 1. The molecule has 1 aromatic rings. The molecule has 0 N–H and O–H groups in total. The van der Waals surface area contributed by atoms with Gasteiger partial charge in [0.15, 0.2) is 5.78 Å². The lowest BCUT2D eigenvalue weighted by atomic mass is 10.1. The fourth-order valence-electron chi connectivity index (χ4n) is 1.77. The van der Waals surface area contributed by atoms with E-state index in [0.717, 1.165) is 17.0 Å². The highest BCUT2D eigenvalue weighted by Gasteiger charge is 2.38. The fraction of sp³-hybridized carbons (Fsp3) is 0.273. The molecular formula is C11H7ClF3NO2. The van der Waals surface area contributed by atoms with Crippen LogP contribution in [0.1, 0.15) is 12.0 Å². The average Bonchev–Trinajstić information content (AvgIpc) is 2.56. The predicted molar refractivity (Wildman–Crippen MR) is 58.4 cm³/mol. The lowest BCUT2D eigenvalue weighted by molar-refractivity contribution is -0.137. The number of anilines is 1. The van der Waals surface area contributed by atoms with Gasteiger partial charge in [0.05, 0.1) is 24.2 Å². The fourth-order valence-corrected chi connectivity index (χ4v) is 1.95. The minimum absolute atomic E-state index is 0.0796. The maximum absolute atomic E-state index is 12.8. The molecule has 1 heterocycles. The Balaban J connectivity index is 2.51. The molecule has 1 aliphatic rings. The molecule has 0 aliphatic carbocycles. The highest BCUT2D eigenvalue weighted by Crippen LogP contribution is 2.39. The summed E-state index contributed by atoms with van der Waals surface area (Å²) in [7, 11) is 0. The summed E-state index contributed by atoms with van der Waals surface area (Å²) < 4.78 is 38.5. The van der Waals surface area contributed by atoms with E-state index in [9.17, 15) is 22.8 Å². The number of hydrogen-bond donors (Lipinski definition) is 0. The smallest absolute Gasteiger partial charge is 0.304 e. The molecule has 96 valence electrons. The quantitative estimate of drug-likeness (QED) is 0.740. The maximum atomic E-state index is 12.8. The van der Waals surface area contributed by atoms with Crippen molar-refractivity contribution in [1.29, 1.82) is 0 Å². The van der Waals surface area contributed by atoms with Gasteiger partial charge in [0, 0.05) is 5.02 Å². The van der Waals surface area contributed by atoms with Crippen molar-refractivity contribution in [2.45, 2.75) is 12.6 Å². The highest BCUT2D eigenvalue weighted by atomic mass is 35.5. The molecule has 2 rings (SSSR count). The van der Waals surface area contributed by atoms with Gasteiger partial charge in [-0.05, 0) is 18.2 Å². The van der Waals surface area contributed by atoms with Crippen molar-refractivity contribution < 1.29 is 22.8 Å². The predicted octanol–water partition coefficient (Wildman–Crippen LogP) is 2.66. The zero-order chi connectivity index (χ0) is 13.5. The number of hydrogen-bond acceptors (Lipinski definition) is 2. The maximum Gasteiger partial charge on any atom is 0.418 e. The van der Waals surface area contributed by atoms with Crippen LogP contribution in [0.3, 0.4) is 0 Å². The van der Waals surface area contributed by atoms with Gasteiger partial charge in [-0.15, -0.1) is 0 Å². The van der Waals surface area contributed by atoms with Crippen LogP contribution in [-0.2, 0) is 15.8 Å². The Kier molecular flexibility index (Phi) is 3.06. The molecule has 0 atom stereocenters. The molecule has 1 aromatic carbocycles. The topological polar surface area (TPSA) is 37.4 Å². The molecule has 0 aromatic heterocycles. The van der Waals surface area contributed by atoms with E-state index in [2.05, 4.69) is 0 Å². The lowest BCUT2D eigenvalue weighted by Crippen LogP contribution is -2.27. The van der Waals surface area contributed by atoms with Crippen molar-refractivity contribution >= 4 is 29.0 Å². The first-order valence-corrected chi connectivity index (χ1v) is 5.35. The lowest BCUT2D eigenvalue weighted by Gasteiger charge is -2.20. The summed E-state index contributed by atoms with van der Waals surface area (Å²) in [5.41, 5.74) is -1.35. The molecule has 0 spiro atoms. The van der Waals surface area contributed by atoms with Crippen molar-refractivity contribution in [3.63, 3.8) is 0 Å². The number of amides is 1. The Hall–Kier alpha value is -1.56. The molecule has 18 heavy (non-hydrogen) atoms. The number of carbonyl (C=O) groups is 2. The SMILES string of the molecule is O=C1CC(=O)N(c2ccc(Cl)cc2C(F)(F)F)C1. The van der Waals surface area contributed by atoms with Crippen LogP contribution in [0.25, 0.3) is 0 Å². The first-order valence-electron chi connectivity index (χ1n) is 4.98. The third kappa shape index (κ3) is 2.33. The number of benzene rings is 1. The summed E-state index contributed by atoms with van der Waals surface area (Å²) in [4.78, 5) is 23.4. The van der Waals surface area contributed by atoms with E-state index in [0.29, 0.717) is 0 Å². The molecule has 0 radical (unpaired) electrons. The number of rotatable bonds is 1. The number of halogens is 4. The van der Waals surface area contributed by atoms with Gasteiger partial charge in [0.25, 0.3) is 0 Å². The van der Waals surface area contributed by atoms with E-state index in [1.807, 2.05) is 0 Å². The Morgan fingerprint density at radius 1 is 1.22 bits per heavy atom. The van der Waals surface area contributed by atoms with Crippen molar-refractivity contribution in [1.82, 2.24) is 0 Å². The monoisotopic (exact) mass is 277 g/mol. The molecule has 0 bridgehead atoms. The first kappa shape index (κ1) is 12.9. The highest BCUT2D eigenvalue weighted by molar-refractivity contribution is 6.30. The molecule has 0 unspecified atom stereocenters. The van der Waals surface area contributed by atoms with E-state index < -0.39 is 23.4 Å². The van der Waals surface area contributed by atoms with Gasteiger partial charge >= 0.3 is 6.18 Å². The van der Waals surface area contributed by atoms with Gasteiger partial charge in [-0.3, -0.25) is 9.59 Å². The minimum Gasteiger partial charge on any atom is -0.304 e. The van der Waals surface area contributed by atoms with Crippen LogP contribution < -0.4 is 4.90 Å². The van der Waals surface area contributed by atoms with E-state index in [-0.39, 0.29) is 23.7 Å². The van der Waals surface area contributed by atoms with Gasteiger partial charge in [0.2, 0.25) is 5.91 Å². The molecule has 1 aliphatic heterocycles. The minimum atomic E-state index is -4.63. The zero-order valence-corrected chi connectivity index (χ0v) is 9.68. The summed E-state index contributed by atoms with van der Waals surface area (Å²) in [5, 5.41) is -0.0796. The molecule has 7 heteroatoms. The van der Waals surface area contributed by atoms with E-state index in [4.69, 9.17) is 11.6 Å². The Morgan fingerprint density at radius 2 is 1.89 bits per heavy atom. The Labute approximate surface area is 105 Å². The summed E-state index contributed by atoms with van der Waals surface area (Å²) >= 11 is 5.52. The largest absolute Gasteiger partial charge is 0.418 e. The molecular weight excluding hydrogens is 271 g/mol. The number of ketones is 1. The van der Waals surface area contributed by atoms with Crippen LogP contribution in [0.4, 0.5) is 18.9 Å². The van der Waals surface area contributed by atoms with E-state index in [1.54, 1.807) is 0 Å². The summed E-state index contributed by atoms with van der Waals surface area (Å²) in [5.74, 6) is -1.03. The molecule has 1 amide bonds. The third-order valence-electron chi connectivity index (χ3n) is 2.54. The van der Waals surface area contributed by atoms with Gasteiger partial charge < -0.3 is 4.90 Å². The van der Waals surface area contributed by atoms with Gasteiger partial charge in [0.1, 0.15) is 0 Å². The summed E-state index contributed by atoms with van der Waals surface area (Å²) in [6.07, 6.45) is -4.99. The number of carbonyl (C=O) groups excluding carboxylic acids is 2. The zero-order valence-electron chi connectivity index (χ0n) is 8.92. The van der Waals surface area contributed by atoms with Crippen molar-refractivity contribution in [3.8, 4) is 0 Å².